The van der Waals surface area contributed by atoms with Gasteiger partial charge in [0.25, 0.3) is 0 Å². The van der Waals surface area contributed by atoms with Crippen LogP contribution in [0.1, 0.15) is 59.8 Å². The Bertz CT molecular complexity index is 380. The van der Waals surface area contributed by atoms with Crippen molar-refractivity contribution >= 4 is 29.9 Å². The van der Waals surface area contributed by atoms with E-state index in [1.807, 2.05) is 0 Å². The largest absolute Gasteiger partial charge is 0.357 e. The molecule has 0 radical (unpaired) electrons. The molecule has 1 heterocycles. The molecule has 0 amide bonds. The van der Waals surface area contributed by atoms with Crippen molar-refractivity contribution in [3.8, 4) is 0 Å². The standard InChI is InChI=1S/C19H38N4.HI/c1-5-20-18(21-13-17-8-11-23(6-2)14-17)22-15-19(9-7-10-19)12-16(3)4;/h16-17H,5-15H2,1-4H3,(H2,20,21,22);1H. The second-order valence-electron chi connectivity index (χ2n) is 8.08. The summed E-state index contributed by atoms with van der Waals surface area (Å²) in [6, 6.07) is 0. The van der Waals surface area contributed by atoms with Gasteiger partial charge in [0.1, 0.15) is 0 Å². The van der Waals surface area contributed by atoms with Gasteiger partial charge in [0, 0.05) is 26.2 Å². The van der Waals surface area contributed by atoms with Crippen molar-refractivity contribution in [3.63, 3.8) is 0 Å². The second-order valence-corrected chi connectivity index (χ2v) is 8.08. The third-order valence-electron chi connectivity index (χ3n) is 5.55. The van der Waals surface area contributed by atoms with Gasteiger partial charge >= 0.3 is 0 Å². The minimum absolute atomic E-state index is 0. The van der Waals surface area contributed by atoms with Gasteiger partial charge in [-0.1, -0.05) is 27.2 Å². The fraction of sp³-hybridized carbons (Fsp3) is 0.947. The monoisotopic (exact) mass is 450 g/mol. The SMILES string of the molecule is CCNC(=NCC1(CC(C)C)CCC1)NCC1CCN(CC)C1.I. The number of hydrogen-bond donors (Lipinski definition) is 2. The average Bonchev–Trinajstić information content (AvgIpc) is 2.94. The van der Waals surface area contributed by atoms with Crippen LogP contribution in [0.2, 0.25) is 0 Å². The lowest BCUT2D eigenvalue weighted by Gasteiger charge is -2.42. The maximum atomic E-state index is 4.94. The predicted molar refractivity (Wildman–Crippen MR) is 115 cm³/mol. The fourth-order valence-electron chi connectivity index (χ4n) is 4.17. The average molecular weight is 450 g/mol. The topological polar surface area (TPSA) is 39.7 Å². The molecule has 0 bridgehead atoms. The van der Waals surface area contributed by atoms with Crippen LogP contribution in [0.15, 0.2) is 4.99 Å². The van der Waals surface area contributed by atoms with Crippen molar-refractivity contribution in [3.05, 3.63) is 0 Å². The molecule has 0 spiro atoms. The van der Waals surface area contributed by atoms with Crippen molar-refractivity contribution in [2.24, 2.45) is 22.2 Å². The summed E-state index contributed by atoms with van der Waals surface area (Å²) >= 11 is 0. The molecule has 0 aromatic carbocycles. The lowest BCUT2D eigenvalue weighted by Crippen LogP contribution is -2.42. The van der Waals surface area contributed by atoms with Crippen LogP contribution < -0.4 is 10.6 Å². The van der Waals surface area contributed by atoms with Gasteiger partial charge in [0.05, 0.1) is 0 Å². The zero-order valence-corrected chi connectivity index (χ0v) is 18.6. The van der Waals surface area contributed by atoms with Crippen LogP contribution in [0.5, 0.6) is 0 Å². The molecule has 1 unspecified atom stereocenters. The first-order valence-electron chi connectivity index (χ1n) is 9.81. The van der Waals surface area contributed by atoms with Gasteiger partial charge in [-0.2, -0.15) is 0 Å². The number of likely N-dealkylation sites (tertiary alicyclic amines) is 1. The van der Waals surface area contributed by atoms with Crippen molar-refractivity contribution < 1.29 is 0 Å². The molecule has 2 N–H and O–H groups in total. The van der Waals surface area contributed by atoms with Gasteiger partial charge < -0.3 is 15.5 Å². The van der Waals surface area contributed by atoms with Gasteiger partial charge in [0.2, 0.25) is 0 Å². The highest BCUT2D eigenvalue weighted by atomic mass is 127. The molecule has 1 atom stereocenters. The number of aliphatic imine (C=N–C) groups is 1. The molecular weight excluding hydrogens is 411 g/mol. The molecule has 1 saturated heterocycles. The zero-order chi connectivity index (χ0) is 16.7. The van der Waals surface area contributed by atoms with E-state index in [9.17, 15) is 0 Å². The quantitative estimate of drug-likeness (QED) is 0.337. The first kappa shape index (κ1) is 22.0. The first-order chi connectivity index (χ1) is 11.1. The van der Waals surface area contributed by atoms with E-state index in [2.05, 4.69) is 43.2 Å². The maximum absolute atomic E-state index is 4.94. The second kappa shape index (κ2) is 10.8. The Morgan fingerprint density at radius 1 is 1.25 bits per heavy atom. The highest BCUT2D eigenvalue weighted by Crippen LogP contribution is 2.46. The van der Waals surface area contributed by atoms with Crippen molar-refractivity contribution in [2.45, 2.75) is 59.8 Å². The van der Waals surface area contributed by atoms with Crippen LogP contribution in [0, 0.1) is 17.3 Å². The summed E-state index contributed by atoms with van der Waals surface area (Å²) in [5.74, 6) is 2.57. The predicted octanol–water partition coefficient (Wildman–Crippen LogP) is 3.72. The first-order valence-corrected chi connectivity index (χ1v) is 9.81. The van der Waals surface area contributed by atoms with Crippen LogP contribution >= 0.6 is 24.0 Å². The molecule has 1 aliphatic carbocycles. The lowest BCUT2D eigenvalue weighted by molar-refractivity contribution is 0.111. The van der Waals surface area contributed by atoms with Gasteiger partial charge in [0.15, 0.2) is 5.96 Å². The Hall–Kier alpha value is -0.0400. The van der Waals surface area contributed by atoms with E-state index < -0.39 is 0 Å². The van der Waals surface area contributed by atoms with E-state index in [0.717, 1.165) is 37.4 Å². The Kier molecular flexibility index (Phi) is 9.94. The van der Waals surface area contributed by atoms with Crippen molar-refractivity contribution in [1.82, 2.24) is 15.5 Å². The summed E-state index contributed by atoms with van der Waals surface area (Å²) in [6.07, 6.45) is 6.76. The summed E-state index contributed by atoms with van der Waals surface area (Å²) < 4.78 is 0. The Morgan fingerprint density at radius 3 is 2.50 bits per heavy atom. The zero-order valence-electron chi connectivity index (χ0n) is 16.2. The number of nitrogens with zero attached hydrogens (tertiary/aromatic N) is 2. The van der Waals surface area contributed by atoms with Gasteiger partial charge in [-0.25, -0.2) is 0 Å². The normalized spacial score (nSPS) is 23.7. The molecule has 4 nitrogen and oxygen atoms in total. The van der Waals surface area contributed by atoms with Gasteiger partial charge in [-0.15, -0.1) is 24.0 Å². The molecule has 0 aromatic rings. The molecule has 2 fully saturated rings. The summed E-state index contributed by atoms with van der Waals surface area (Å²) in [4.78, 5) is 7.49. The minimum Gasteiger partial charge on any atom is -0.357 e. The molecule has 2 aliphatic rings. The molecule has 142 valence electrons. The van der Waals surface area contributed by atoms with Crippen LogP contribution in [0.25, 0.3) is 0 Å². The number of halogens is 1. The molecule has 24 heavy (non-hydrogen) atoms. The third kappa shape index (κ3) is 6.70. The van der Waals surface area contributed by atoms with E-state index in [1.54, 1.807) is 0 Å². The maximum Gasteiger partial charge on any atom is 0.191 e. The van der Waals surface area contributed by atoms with E-state index in [0.29, 0.717) is 5.41 Å². The Balaban J connectivity index is 0.00000288. The number of rotatable bonds is 8. The third-order valence-corrected chi connectivity index (χ3v) is 5.55. The summed E-state index contributed by atoms with van der Waals surface area (Å²) in [7, 11) is 0. The Labute approximate surface area is 166 Å². The van der Waals surface area contributed by atoms with Crippen LogP contribution in [-0.4, -0.2) is 50.1 Å². The smallest absolute Gasteiger partial charge is 0.191 e. The summed E-state index contributed by atoms with van der Waals surface area (Å²) in [5, 5.41) is 7.02. The number of nitrogens with one attached hydrogen (secondary N) is 2. The van der Waals surface area contributed by atoms with Crippen LogP contribution in [-0.2, 0) is 0 Å². The van der Waals surface area contributed by atoms with E-state index in [1.165, 1.54) is 51.7 Å². The Morgan fingerprint density at radius 2 is 2.00 bits per heavy atom. The van der Waals surface area contributed by atoms with E-state index in [4.69, 9.17) is 4.99 Å². The highest BCUT2D eigenvalue weighted by Gasteiger charge is 2.37. The van der Waals surface area contributed by atoms with Crippen LogP contribution in [0.3, 0.4) is 0 Å². The molecule has 0 aromatic heterocycles. The summed E-state index contributed by atoms with van der Waals surface area (Å²) in [5.41, 5.74) is 0.489. The van der Waals surface area contributed by atoms with E-state index >= 15 is 0 Å². The van der Waals surface area contributed by atoms with E-state index in [-0.39, 0.29) is 24.0 Å². The molecule has 1 aliphatic heterocycles. The molecule has 1 saturated carbocycles. The minimum atomic E-state index is 0. The number of hydrogen-bond acceptors (Lipinski definition) is 2. The molecular formula is C19H39IN4. The molecule has 5 heteroatoms. The van der Waals surface area contributed by atoms with Crippen LogP contribution in [0.4, 0.5) is 0 Å². The van der Waals surface area contributed by atoms with Gasteiger partial charge in [-0.05, 0) is 62.9 Å². The lowest BCUT2D eigenvalue weighted by atomic mass is 9.64. The van der Waals surface area contributed by atoms with Gasteiger partial charge in [-0.3, -0.25) is 4.99 Å². The van der Waals surface area contributed by atoms with Crippen molar-refractivity contribution in [2.75, 3.05) is 39.3 Å². The fourth-order valence-corrected chi connectivity index (χ4v) is 4.17. The number of guanidine groups is 1. The highest BCUT2D eigenvalue weighted by molar-refractivity contribution is 14.0. The van der Waals surface area contributed by atoms with Crippen molar-refractivity contribution in [1.29, 1.82) is 0 Å². The molecule has 2 rings (SSSR count). The summed E-state index contributed by atoms with van der Waals surface area (Å²) in [6.45, 7) is 15.8.